The van der Waals surface area contributed by atoms with E-state index in [1.807, 2.05) is 0 Å². The number of carboxylic acid groups (broad SMARTS) is 1. The summed E-state index contributed by atoms with van der Waals surface area (Å²) in [5.41, 5.74) is -0.399. The van der Waals surface area contributed by atoms with Crippen molar-refractivity contribution in [3.63, 3.8) is 0 Å². The van der Waals surface area contributed by atoms with Gasteiger partial charge in [0, 0.05) is 0 Å². The van der Waals surface area contributed by atoms with Crippen molar-refractivity contribution < 1.29 is 18.7 Å². The number of carboxylic acids is 1. The van der Waals surface area contributed by atoms with Crippen molar-refractivity contribution in [2.24, 2.45) is 0 Å². The number of rotatable bonds is 2. The molecule has 0 aromatic heterocycles. The van der Waals surface area contributed by atoms with Crippen molar-refractivity contribution in [2.45, 2.75) is 0 Å². The molecule has 1 N–H and O–H groups in total. The fraction of sp³-hybridized carbons (Fsp3) is 0. The second-order valence-corrected chi connectivity index (χ2v) is 4.98. The molecule has 98 valence electrons. The van der Waals surface area contributed by atoms with Crippen molar-refractivity contribution in [3.8, 4) is 11.1 Å². The third kappa shape index (κ3) is 2.62. The molecular weight excluding hydrogens is 341 g/mol. The minimum atomic E-state index is -1.26. The number of halogens is 4. The van der Waals surface area contributed by atoms with E-state index < -0.39 is 17.6 Å². The van der Waals surface area contributed by atoms with Gasteiger partial charge in [-0.05, 0) is 45.8 Å². The highest BCUT2D eigenvalue weighted by Crippen LogP contribution is 2.32. The quantitative estimate of drug-likeness (QED) is 0.796. The van der Waals surface area contributed by atoms with Crippen LogP contribution in [0.4, 0.5) is 8.78 Å². The Hall–Kier alpha value is -1.46. The van der Waals surface area contributed by atoms with Gasteiger partial charge in [-0.15, -0.1) is 0 Å². The van der Waals surface area contributed by atoms with E-state index in [0.29, 0.717) is 0 Å². The SMILES string of the molecule is O=C(O)c1cc(-c2c(F)ccc(Br)c2F)ccc1Cl. The summed E-state index contributed by atoms with van der Waals surface area (Å²) in [6, 6.07) is 6.13. The van der Waals surface area contributed by atoms with Crippen molar-refractivity contribution in [1.29, 1.82) is 0 Å². The number of hydrogen-bond donors (Lipinski definition) is 1. The summed E-state index contributed by atoms with van der Waals surface area (Å²) < 4.78 is 27.7. The van der Waals surface area contributed by atoms with Crippen LogP contribution in [0.1, 0.15) is 10.4 Å². The van der Waals surface area contributed by atoms with Crippen molar-refractivity contribution in [1.82, 2.24) is 0 Å². The Labute approximate surface area is 120 Å². The second kappa shape index (κ2) is 5.27. The summed E-state index contributed by atoms with van der Waals surface area (Å²) in [5.74, 6) is -2.83. The summed E-state index contributed by atoms with van der Waals surface area (Å²) in [4.78, 5) is 11.0. The topological polar surface area (TPSA) is 37.3 Å². The van der Waals surface area contributed by atoms with Gasteiger partial charge >= 0.3 is 5.97 Å². The lowest BCUT2D eigenvalue weighted by atomic mass is 10.0. The summed E-state index contributed by atoms with van der Waals surface area (Å²) >= 11 is 8.67. The largest absolute Gasteiger partial charge is 0.478 e. The zero-order chi connectivity index (χ0) is 14.2. The Morgan fingerprint density at radius 2 is 1.89 bits per heavy atom. The molecule has 2 nitrogen and oxygen atoms in total. The zero-order valence-corrected chi connectivity index (χ0v) is 11.6. The average molecular weight is 348 g/mol. The minimum Gasteiger partial charge on any atom is -0.478 e. The molecule has 0 amide bonds. The average Bonchev–Trinajstić information content (AvgIpc) is 2.36. The fourth-order valence-corrected chi connectivity index (χ4v) is 2.17. The van der Waals surface area contributed by atoms with Crippen LogP contribution in [0.2, 0.25) is 5.02 Å². The first kappa shape index (κ1) is 14.0. The molecule has 0 radical (unpaired) electrons. The fourth-order valence-electron chi connectivity index (χ4n) is 1.64. The molecule has 0 unspecified atom stereocenters. The number of carbonyl (C=O) groups is 1. The third-order valence-corrected chi connectivity index (χ3v) is 3.47. The second-order valence-electron chi connectivity index (χ2n) is 3.72. The summed E-state index contributed by atoms with van der Waals surface area (Å²) in [5, 5.41) is 8.96. The van der Waals surface area contributed by atoms with Crippen LogP contribution >= 0.6 is 27.5 Å². The van der Waals surface area contributed by atoms with Crippen LogP contribution in [-0.4, -0.2) is 11.1 Å². The zero-order valence-electron chi connectivity index (χ0n) is 9.25. The summed E-state index contributed by atoms with van der Waals surface area (Å²) in [6.45, 7) is 0. The van der Waals surface area contributed by atoms with E-state index in [0.717, 1.165) is 12.1 Å². The van der Waals surface area contributed by atoms with Crippen molar-refractivity contribution >= 4 is 33.5 Å². The molecule has 0 aliphatic rings. The van der Waals surface area contributed by atoms with Crippen molar-refractivity contribution in [2.75, 3.05) is 0 Å². The van der Waals surface area contributed by atoms with Gasteiger partial charge < -0.3 is 5.11 Å². The van der Waals surface area contributed by atoms with Crippen LogP contribution < -0.4 is 0 Å². The predicted molar refractivity (Wildman–Crippen MR) is 71.5 cm³/mol. The van der Waals surface area contributed by atoms with Crippen LogP contribution in [-0.2, 0) is 0 Å². The van der Waals surface area contributed by atoms with E-state index >= 15 is 0 Å². The van der Waals surface area contributed by atoms with Gasteiger partial charge in [-0.25, -0.2) is 13.6 Å². The van der Waals surface area contributed by atoms with Gasteiger partial charge in [0.25, 0.3) is 0 Å². The molecule has 2 aromatic rings. The molecule has 2 rings (SSSR count). The van der Waals surface area contributed by atoms with E-state index in [2.05, 4.69) is 15.9 Å². The Morgan fingerprint density at radius 3 is 2.53 bits per heavy atom. The lowest BCUT2D eigenvalue weighted by Crippen LogP contribution is -1.99. The maximum Gasteiger partial charge on any atom is 0.337 e. The van der Waals surface area contributed by atoms with Crippen LogP contribution in [0.3, 0.4) is 0 Å². The molecule has 0 atom stereocenters. The van der Waals surface area contributed by atoms with Crippen LogP contribution in [0.5, 0.6) is 0 Å². The monoisotopic (exact) mass is 346 g/mol. The van der Waals surface area contributed by atoms with E-state index in [-0.39, 0.29) is 26.2 Å². The molecule has 0 saturated carbocycles. The molecule has 2 aromatic carbocycles. The van der Waals surface area contributed by atoms with Gasteiger partial charge in [0.15, 0.2) is 0 Å². The molecule has 0 aliphatic carbocycles. The number of aromatic carboxylic acids is 1. The molecule has 0 spiro atoms. The van der Waals surface area contributed by atoms with E-state index in [1.54, 1.807) is 0 Å². The first-order valence-electron chi connectivity index (χ1n) is 5.08. The molecule has 0 heterocycles. The van der Waals surface area contributed by atoms with E-state index in [9.17, 15) is 13.6 Å². The van der Waals surface area contributed by atoms with Gasteiger partial charge in [-0.3, -0.25) is 0 Å². The van der Waals surface area contributed by atoms with Crippen LogP contribution in [0, 0.1) is 11.6 Å². The first-order valence-corrected chi connectivity index (χ1v) is 6.25. The summed E-state index contributed by atoms with van der Waals surface area (Å²) in [7, 11) is 0. The molecule has 0 bridgehead atoms. The normalized spacial score (nSPS) is 10.5. The van der Waals surface area contributed by atoms with Gasteiger partial charge in [0.05, 0.1) is 20.6 Å². The standard InChI is InChI=1S/C13H6BrClF2O2/c14-8-2-4-10(16)11(12(8)17)6-1-3-9(15)7(5-6)13(18)19/h1-5H,(H,18,19). The van der Waals surface area contributed by atoms with Crippen molar-refractivity contribution in [3.05, 3.63) is 57.0 Å². The van der Waals surface area contributed by atoms with Gasteiger partial charge in [-0.2, -0.15) is 0 Å². The van der Waals surface area contributed by atoms with E-state index in [4.69, 9.17) is 16.7 Å². The maximum atomic E-state index is 13.9. The highest BCUT2D eigenvalue weighted by molar-refractivity contribution is 9.10. The highest BCUT2D eigenvalue weighted by Gasteiger charge is 2.17. The minimum absolute atomic E-state index is 0.00654. The third-order valence-electron chi connectivity index (χ3n) is 2.53. The smallest absolute Gasteiger partial charge is 0.337 e. The van der Waals surface area contributed by atoms with Crippen LogP contribution in [0.25, 0.3) is 11.1 Å². The summed E-state index contributed by atoms with van der Waals surface area (Å²) in [6.07, 6.45) is 0. The number of benzene rings is 2. The number of hydrogen-bond acceptors (Lipinski definition) is 1. The van der Waals surface area contributed by atoms with E-state index in [1.165, 1.54) is 18.2 Å². The molecule has 0 fully saturated rings. The molecular formula is C13H6BrClF2O2. The molecule has 6 heteroatoms. The lowest BCUT2D eigenvalue weighted by molar-refractivity contribution is 0.0697. The first-order chi connectivity index (χ1) is 8.91. The Bertz CT molecular complexity index is 674. The Balaban J connectivity index is 2.70. The predicted octanol–water partition coefficient (Wildman–Crippen LogP) is 4.75. The lowest BCUT2D eigenvalue weighted by Gasteiger charge is -2.08. The molecule has 19 heavy (non-hydrogen) atoms. The van der Waals surface area contributed by atoms with Gasteiger partial charge in [0.2, 0.25) is 0 Å². The highest BCUT2D eigenvalue weighted by atomic mass is 79.9. The van der Waals surface area contributed by atoms with Crippen LogP contribution in [0.15, 0.2) is 34.8 Å². The Kier molecular flexibility index (Phi) is 3.87. The van der Waals surface area contributed by atoms with Gasteiger partial charge in [-0.1, -0.05) is 17.7 Å². The molecule has 0 saturated heterocycles. The van der Waals surface area contributed by atoms with Gasteiger partial charge in [0.1, 0.15) is 11.6 Å². The molecule has 0 aliphatic heterocycles. The maximum absolute atomic E-state index is 13.9. The Morgan fingerprint density at radius 1 is 1.21 bits per heavy atom.